The topological polar surface area (TPSA) is 35.5 Å². The number of aliphatic hydroxyl groups is 1. The van der Waals surface area contributed by atoms with Crippen LogP contribution in [0.3, 0.4) is 0 Å². The molecule has 0 radical (unpaired) electrons. The summed E-state index contributed by atoms with van der Waals surface area (Å²) >= 11 is 0. The van der Waals surface area contributed by atoms with Gasteiger partial charge in [-0.3, -0.25) is 0 Å². The average molecular weight is 288 g/mol. The number of halogens is 3. The molecule has 0 bridgehead atoms. The van der Waals surface area contributed by atoms with Crippen molar-refractivity contribution in [2.75, 3.05) is 26.2 Å². The first-order valence-electron chi connectivity index (χ1n) is 6.81. The van der Waals surface area contributed by atoms with E-state index in [-0.39, 0.29) is 18.7 Å². The fourth-order valence-electron chi connectivity index (χ4n) is 2.40. The molecule has 1 fully saturated rings. The van der Waals surface area contributed by atoms with Gasteiger partial charge >= 0.3 is 0 Å². The van der Waals surface area contributed by atoms with Gasteiger partial charge in [0.25, 0.3) is 0 Å². The van der Waals surface area contributed by atoms with Crippen LogP contribution in [0.5, 0.6) is 0 Å². The Bertz CT molecular complexity index is 450. The molecule has 1 atom stereocenters. The molecule has 2 rings (SSSR count). The van der Waals surface area contributed by atoms with E-state index in [1.54, 1.807) is 0 Å². The Labute approximate surface area is 116 Å². The molecule has 0 aromatic heterocycles. The highest BCUT2D eigenvalue weighted by molar-refractivity contribution is 5.19. The molecule has 1 heterocycles. The van der Waals surface area contributed by atoms with Gasteiger partial charge in [0, 0.05) is 31.3 Å². The molecule has 1 aliphatic heterocycles. The standard InChI is InChI=1S/C14H19F3N2O/c15-12-6-14(17)13(16)5-10(12)7-18-8-11(20)9-19-3-1-2-4-19/h5-6,11,18,20H,1-4,7-9H2. The largest absolute Gasteiger partial charge is 0.390 e. The van der Waals surface area contributed by atoms with Crippen LogP contribution in [0.2, 0.25) is 0 Å². The highest BCUT2D eigenvalue weighted by atomic mass is 19.2. The van der Waals surface area contributed by atoms with Crippen LogP contribution in [0.4, 0.5) is 13.2 Å². The van der Waals surface area contributed by atoms with Gasteiger partial charge in [0.15, 0.2) is 11.6 Å². The van der Waals surface area contributed by atoms with Crippen molar-refractivity contribution in [1.29, 1.82) is 0 Å². The Kier molecular flexibility index (Phi) is 5.39. The van der Waals surface area contributed by atoms with Crippen molar-refractivity contribution in [1.82, 2.24) is 10.2 Å². The molecule has 0 amide bonds. The molecule has 1 unspecified atom stereocenters. The predicted molar refractivity (Wildman–Crippen MR) is 69.7 cm³/mol. The van der Waals surface area contributed by atoms with Gasteiger partial charge in [-0.05, 0) is 32.0 Å². The van der Waals surface area contributed by atoms with E-state index in [4.69, 9.17) is 0 Å². The number of likely N-dealkylation sites (tertiary alicyclic amines) is 1. The molecule has 0 spiro atoms. The number of nitrogens with one attached hydrogen (secondary N) is 1. The summed E-state index contributed by atoms with van der Waals surface area (Å²) in [5, 5.41) is 12.7. The van der Waals surface area contributed by atoms with Crippen LogP contribution >= 0.6 is 0 Å². The number of aliphatic hydroxyl groups excluding tert-OH is 1. The first-order chi connectivity index (χ1) is 9.56. The van der Waals surface area contributed by atoms with E-state index in [2.05, 4.69) is 10.2 Å². The van der Waals surface area contributed by atoms with Crippen LogP contribution in [-0.2, 0) is 6.54 Å². The van der Waals surface area contributed by atoms with Crippen molar-refractivity contribution in [3.05, 3.63) is 35.1 Å². The molecular formula is C14H19F3N2O. The summed E-state index contributed by atoms with van der Waals surface area (Å²) in [6.45, 7) is 2.91. The van der Waals surface area contributed by atoms with E-state index in [0.29, 0.717) is 12.6 Å². The maximum atomic E-state index is 13.4. The lowest BCUT2D eigenvalue weighted by Crippen LogP contribution is -2.36. The first-order valence-corrected chi connectivity index (χ1v) is 6.81. The van der Waals surface area contributed by atoms with Gasteiger partial charge in [0.2, 0.25) is 0 Å². The van der Waals surface area contributed by atoms with Gasteiger partial charge in [-0.1, -0.05) is 0 Å². The Morgan fingerprint density at radius 2 is 1.75 bits per heavy atom. The zero-order valence-electron chi connectivity index (χ0n) is 11.2. The van der Waals surface area contributed by atoms with Crippen LogP contribution in [0.15, 0.2) is 12.1 Å². The predicted octanol–water partition coefficient (Wildman–Crippen LogP) is 1.65. The number of β-amino-alcohol motifs (C(OH)–C–C–N with tert-alkyl or cyclic N) is 1. The van der Waals surface area contributed by atoms with Gasteiger partial charge in [0.1, 0.15) is 5.82 Å². The van der Waals surface area contributed by atoms with Crippen LogP contribution in [0.25, 0.3) is 0 Å². The van der Waals surface area contributed by atoms with Crippen molar-refractivity contribution in [2.24, 2.45) is 0 Å². The first kappa shape index (κ1) is 15.3. The second-order valence-corrected chi connectivity index (χ2v) is 5.15. The van der Waals surface area contributed by atoms with E-state index in [0.717, 1.165) is 32.0 Å². The monoisotopic (exact) mass is 288 g/mol. The molecule has 1 aliphatic rings. The highest BCUT2D eigenvalue weighted by Gasteiger charge is 2.16. The van der Waals surface area contributed by atoms with E-state index >= 15 is 0 Å². The maximum Gasteiger partial charge on any atom is 0.161 e. The van der Waals surface area contributed by atoms with Crippen LogP contribution in [0.1, 0.15) is 18.4 Å². The number of hydrogen-bond donors (Lipinski definition) is 2. The minimum Gasteiger partial charge on any atom is -0.390 e. The quantitative estimate of drug-likeness (QED) is 0.781. The van der Waals surface area contributed by atoms with Crippen LogP contribution in [0, 0.1) is 17.5 Å². The van der Waals surface area contributed by atoms with Crippen LogP contribution in [-0.4, -0.2) is 42.3 Å². The van der Waals surface area contributed by atoms with Gasteiger partial charge in [0.05, 0.1) is 6.10 Å². The fourth-order valence-corrected chi connectivity index (χ4v) is 2.40. The Morgan fingerprint density at radius 3 is 2.45 bits per heavy atom. The Morgan fingerprint density at radius 1 is 1.10 bits per heavy atom. The maximum absolute atomic E-state index is 13.4. The van der Waals surface area contributed by atoms with Gasteiger partial charge in [-0.25, -0.2) is 13.2 Å². The second kappa shape index (κ2) is 7.06. The van der Waals surface area contributed by atoms with Gasteiger partial charge < -0.3 is 15.3 Å². The van der Waals surface area contributed by atoms with Crippen molar-refractivity contribution in [2.45, 2.75) is 25.5 Å². The fraction of sp³-hybridized carbons (Fsp3) is 0.571. The zero-order chi connectivity index (χ0) is 14.5. The molecule has 20 heavy (non-hydrogen) atoms. The SMILES string of the molecule is OC(CNCc1cc(F)c(F)cc1F)CN1CCCC1. The molecule has 6 heteroatoms. The summed E-state index contributed by atoms with van der Waals surface area (Å²) in [4.78, 5) is 2.17. The van der Waals surface area contributed by atoms with Crippen molar-refractivity contribution >= 4 is 0 Å². The zero-order valence-corrected chi connectivity index (χ0v) is 11.2. The molecule has 3 nitrogen and oxygen atoms in total. The third kappa shape index (κ3) is 4.19. The minimum atomic E-state index is -1.19. The highest BCUT2D eigenvalue weighted by Crippen LogP contribution is 2.13. The minimum absolute atomic E-state index is 0.0530. The van der Waals surface area contributed by atoms with Gasteiger partial charge in [-0.15, -0.1) is 0 Å². The lowest BCUT2D eigenvalue weighted by molar-refractivity contribution is 0.123. The number of nitrogens with zero attached hydrogens (tertiary/aromatic N) is 1. The molecule has 112 valence electrons. The Balaban J connectivity index is 1.76. The number of benzene rings is 1. The van der Waals surface area contributed by atoms with Crippen LogP contribution < -0.4 is 5.32 Å². The molecule has 1 aromatic carbocycles. The normalized spacial score (nSPS) is 17.6. The lowest BCUT2D eigenvalue weighted by Gasteiger charge is -2.19. The third-order valence-electron chi connectivity index (χ3n) is 3.45. The summed E-state index contributed by atoms with van der Waals surface area (Å²) in [5.74, 6) is -3.05. The van der Waals surface area contributed by atoms with E-state index in [9.17, 15) is 18.3 Å². The van der Waals surface area contributed by atoms with Gasteiger partial charge in [-0.2, -0.15) is 0 Å². The molecule has 0 saturated carbocycles. The molecule has 1 saturated heterocycles. The van der Waals surface area contributed by atoms with Crippen molar-refractivity contribution in [3.8, 4) is 0 Å². The van der Waals surface area contributed by atoms with Crippen molar-refractivity contribution in [3.63, 3.8) is 0 Å². The summed E-state index contributed by atoms with van der Waals surface area (Å²) in [6.07, 6.45) is 1.75. The van der Waals surface area contributed by atoms with Crippen molar-refractivity contribution < 1.29 is 18.3 Å². The number of rotatable bonds is 6. The second-order valence-electron chi connectivity index (χ2n) is 5.15. The third-order valence-corrected chi connectivity index (χ3v) is 3.45. The smallest absolute Gasteiger partial charge is 0.161 e. The lowest BCUT2D eigenvalue weighted by atomic mass is 10.2. The molecule has 0 aliphatic carbocycles. The average Bonchev–Trinajstić information content (AvgIpc) is 2.88. The van der Waals surface area contributed by atoms with E-state index in [1.165, 1.54) is 0 Å². The summed E-state index contributed by atoms with van der Waals surface area (Å²) in [5.41, 5.74) is 0.0530. The molecule has 1 aromatic rings. The number of hydrogen-bond acceptors (Lipinski definition) is 3. The summed E-state index contributed by atoms with van der Waals surface area (Å²) in [6, 6.07) is 1.37. The summed E-state index contributed by atoms with van der Waals surface area (Å²) in [7, 11) is 0. The van der Waals surface area contributed by atoms with E-state index < -0.39 is 23.6 Å². The molecule has 2 N–H and O–H groups in total. The Hall–Kier alpha value is -1.11. The van der Waals surface area contributed by atoms with E-state index in [1.807, 2.05) is 0 Å². The summed E-state index contributed by atoms with van der Waals surface area (Å²) < 4.78 is 39.1. The molecular weight excluding hydrogens is 269 g/mol.